The highest BCUT2D eigenvalue weighted by molar-refractivity contribution is 6.32. The predicted molar refractivity (Wildman–Crippen MR) is 73.8 cm³/mol. The first-order valence-electron chi connectivity index (χ1n) is 7.00. The molecule has 0 unspecified atom stereocenters. The van der Waals surface area contributed by atoms with Crippen molar-refractivity contribution in [2.24, 2.45) is 5.92 Å². The average molecular weight is 392 g/mol. The van der Waals surface area contributed by atoms with E-state index in [9.17, 15) is 31.1 Å². The Bertz CT molecular complexity index is 628. The number of rotatable bonds is 5. The smallest absolute Gasteiger partial charge is 0.492 e. The second kappa shape index (κ2) is 7.28. The first-order valence-corrected chi connectivity index (χ1v) is 7.38. The van der Waals surface area contributed by atoms with E-state index in [-0.39, 0.29) is 36.4 Å². The fraction of sp³-hybridized carbons (Fsp3) is 0.500. The van der Waals surface area contributed by atoms with Crippen molar-refractivity contribution in [3.63, 3.8) is 0 Å². The molecule has 0 saturated carbocycles. The Labute approximate surface area is 143 Å². The number of hydrogen-bond acceptors (Lipinski definition) is 4. The van der Waals surface area contributed by atoms with E-state index < -0.39 is 23.9 Å². The van der Waals surface area contributed by atoms with Crippen molar-refractivity contribution in [3.8, 4) is 5.75 Å². The topological polar surface area (TPSA) is 38.8 Å². The van der Waals surface area contributed by atoms with E-state index in [1.54, 1.807) is 0 Å². The molecule has 0 aromatic heterocycles. The minimum atomic E-state index is -5.05. The van der Waals surface area contributed by atoms with Crippen LogP contribution >= 0.6 is 11.6 Å². The maximum atomic E-state index is 12.5. The zero-order valence-electron chi connectivity index (χ0n) is 12.5. The van der Waals surface area contributed by atoms with Gasteiger partial charge in [0.2, 0.25) is 0 Å². The van der Waals surface area contributed by atoms with Crippen LogP contribution < -0.4 is 4.74 Å². The summed E-state index contributed by atoms with van der Waals surface area (Å²) >= 11 is 5.72. The fourth-order valence-electron chi connectivity index (χ4n) is 2.08. The summed E-state index contributed by atoms with van der Waals surface area (Å²) in [5.41, 5.74) is -0.897. The predicted octanol–water partition coefficient (Wildman–Crippen LogP) is 4.08. The molecular formula is C14H12ClF6NO3. The largest absolute Gasteiger partial charge is 0.492 e. The van der Waals surface area contributed by atoms with E-state index in [4.69, 9.17) is 16.3 Å². The molecular weight excluding hydrogens is 380 g/mol. The summed E-state index contributed by atoms with van der Waals surface area (Å²) < 4.78 is 78.8. The Kier molecular flexibility index (Phi) is 5.72. The molecule has 1 aromatic rings. The zero-order valence-corrected chi connectivity index (χ0v) is 13.2. The molecule has 0 N–H and O–H groups in total. The molecule has 25 heavy (non-hydrogen) atoms. The lowest BCUT2D eigenvalue weighted by molar-refractivity contribution is -0.259. The van der Waals surface area contributed by atoms with Crippen LogP contribution in [0.5, 0.6) is 5.75 Å². The molecule has 1 fully saturated rings. The molecule has 11 heteroatoms. The van der Waals surface area contributed by atoms with E-state index in [1.165, 1.54) is 0 Å². The van der Waals surface area contributed by atoms with Crippen molar-refractivity contribution in [1.82, 2.24) is 5.06 Å². The van der Waals surface area contributed by atoms with Crippen LogP contribution in [0.15, 0.2) is 18.2 Å². The number of alkyl halides is 6. The molecule has 0 radical (unpaired) electrons. The van der Waals surface area contributed by atoms with Gasteiger partial charge in [0, 0.05) is 13.1 Å². The summed E-state index contributed by atoms with van der Waals surface area (Å²) in [6.45, 7) is 0.342. The lowest BCUT2D eigenvalue weighted by Crippen LogP contribution is -2.49. The Morgan fingerprint density at radius 2 is 1.84 bits per heavy atom. The molecule has 4 nitrogen and oxygen atoms in total. The number of halogens is 7. The quantitative estimate of drug-likeness (QED) is 0.709. The van der Waals surface area contributed by atoms with Crippen molar-refractivity contribution < 1.29 is 40.7 Å². The number of carbonyl (C=O) groups excluding carboxylic acids is 1. The van der Waals surface area contributed by atoms with E-state index in [1.807, 2.05) is 0 Å². The molecule has 0 bridgehead atoms. The number of nitrogens with zero attached hydrogens (tertiary/aromatic N) is 1. The van der Waals surface area contributed by atoms with Crippen molar-refractivity contribution >= 4 is 17.6 Å². The van der Waals surface area contributed by atoms with Gasteiger partial charge in [0.05, 0.1) is 17.2 Å². The minimum absolute atomic E-state index is 0.0609. The molecule has 0 atom stereocenters. The summed E-state index contributed by atoms with van der Waals surface area (Å²) in [6, 6.07) is 2.69. The van der Waals surface area contributed by atoms with Gasteiger partial charge in [-0.15, -0.1) is 5.06 Å². The summed E-state index contributed by atoms with van der Waals surface area (Å²) in [5, 5.41) is 0.690. The second-order valence-electron chi connectivity index (χ2n) is 5.37. The standard InChI is InChI=1S/C14H12ClF6NO3/c15-10-5-9(13(16,17)18)1-2-11(10)24-4-3-8-6-22(7-8)25-12(23)14(19,20)21/h1-2,5,8H,3-4,6-7H2. The van der Waals surface area contributed by atoms with Crippen LogP contribution in [0.25, 0.3) is 0 Å². The zero-order chi connectivity index (χ0) is 18.8. The van der Waals surface area contributed by atoms with Crippen LogP contribution in [0.4, 0.5) is 26.3 Å². The van der Waals surface area contributed by atoms with Crippen molar-refractivity contribution in [2.75, 3.05) is 19.7 Å². The van der Waals surface area contributed by atoms with Gasteiger partial charge in [-0.3, -0.25) is 0 Å². The van der Waals surface area contributed by atoms with E-state index in [0.29, 0.717) is 6.42 Å². The second-order valence-corrected chi connectivity index (χ2v) is 5.78. The van der Waals surface area contributed by atoms with E-state index >= 15 is 0 Å². The third kappa shape index (κ3) is 5.40. The van der Waals surface area contributed by atoms with Crippen molar-refractivity contribution in [3.05, 3.63) is 28.8 Å². The van der Waals surface area contributed by atoms with Gasteiger partial charge >= 0.3 is 18.3 Å². The van der Waals surface area contributed by atoms with E-state index in [0.717, 1.165) is 23.3 Å². The molecule has 1 heterocycles. The van der Waals surface area contributed by atoms with Crippen LogP contribution in [-0.2, 0) is 15.8 Å². The maximum absolute atomic E-state index is 12.5. The summed E-state index contributed by atoms with van der Waals surface area (Å²) in [4.78, 5) is 14.7. The number of benzene rings is 1. The van der Waals surface area contributed by atoms with Gasteiger partial charge in [-0.1, -0.05) is 11.6 Å². The first kappa shape index (κ1) is 19.6. The number of hydrogen-bond donors (Lipinski definition) is 0. The van der Waals surface area contributed by atoms with Gasteiger partial charge in [-0.25, -0.2) is 4.79 Å². The molecule has 0 amide bonds. The lowest BCUT2D eigenvalue weighted by Gasteiger charge is -2.37. The minimum Gasteiger partial charge on any atom is -0.492 e. The molecule has 1 aromatic carbocycles. The molecule has 0 spiro atoms. The van der Waals surface area contributed by atoms with Gasteiger partial charge in [0.15, 0.2) is 0 Å². The summed E-state index contributed by atoms with van der Waals surface area (Å²) in [7, 11) is 0. The highest BCUT2D eigenvalue weighted by Crippen LogP contribution is 2.35. The van der Waals surface area contributed by atoms with Crippen molar-refractivity contribution in [2.45, 2.75) is 18.8 Å². The summed E-state index contributed by atoms with van der Waals surface area (Å²) in [6.07, 6.45) is -9.14. The van der Waals surface area contributed by atoms with Crippen LogP contribution in [0.3, 0.4) is 0 Å². The van der Waals surface area contributed by atoms with Crippen LogP contribution in [-0.4, -0.2) is 36.9 Å². The van der Waals surface area contributed by atoms with Gasteiger partial charge in [-0.05, 0) is 30.5 Å². The Morgan fingerprint density at radius 1 is 1.20 bits per heavy atom. The summed E-state index contributed by atoms with van der Waals surface area (Å²) in [5.74, 6) is -2.26. The lowest BCUT2D eigenvalue weighted by atomic mass is 9.99. The molecule has 1 saturated heterocycles. The van der Waals surface area contributed by atoms with Crippen LogP contribution in [0, 0.1) is 5.92 Å². The fourth-order valence-corrected chi connectivity index (χ4v) is 2.31. The van der Waals surface area contributed by atoms with Gasteiger partial charge in [0.1, 0.15) is 5.75 Å². The van der Waals surface area contributed by atoms with Crippen LogP contribution in [0.2, 0.25) is 5.02 Å². The third-order valence-electron chi connectivity index (χ3n) is 3.41. The average Bonchev–Trinajstić information content (AvgIpc) is 2.43. The number of hydroxylamine groups is 2. The molecule has 1 aliphatic rings. The van der Waals surface area contributed by atoms with Gasteiger partial charge in [0.25, 0.3) is 0 Å². The Hall–Kier alpha value is -1.68. The number of ether oxygens (including phenoxy) is 1. The van der Waals surface area contributed by atoms with Crippen molar-refractivity contribution in [1.29, 1.82) is 0 Å². The van der Waals surface area contributed by atoms with E-state index in [2.05, 4.69) is 4.84 Å². The maximum Gasteiger partial charge on any atom is 0.492 e. The van der Waals surface area contributed by atoms with Gasteiger partial charge < -0.3 is 9.57 Å². The first-order chi connectivity index (χ1) is 11.5. The molecule has 140 valence electrons. The monoisotopic (exact) mass is 391 g/mol. The number of carbonyl (C=O) groups is 1. The molecule has 2 rings (SSSR count). The Balaban J connectivity index is 1.72. The third-order valence-corrected chi connectivity index (χ3v) is 3.71. The SMILES string of the molecule is O=C(ON1CC(CCOc2ccc(C(F)(F)F)cc2Cl)C1)C(F)(F)F. The molecule has 1 aliphatic heterocycles. The van der Waals surface area contributed by atoms with Crippen LogP contribution in [0.1, 0.15) is 12.0 Å². The van der Waals surface area contributed by atoms with Gasteiger partial charge in [-0.2, -0.15) is 26.3 Å². The Morgan fingerprint density at radius 3 is 2.36 bits per heavy atom. The highest BCUT2D eigenvalue weighted by Gasteiger charge is 2.44. The molecule has 0 aliphatic carbocycles. The highest BCUT2D eigenvalue weighted by atomic mass is 35.5. The normalized spacial score (nSPS) is 16.4.